The van der Waals surface area contributed by atoms with Crippen molar-refractivity contribution in [2.45, 2.75) is 38.5 Å². The molecular formula is C21H34FIN4. The van der Waals surface area contributed by atoms with E-state index in [-0.39, 0.29) is 29.8 Å². The number of nitrogens with one attached hydrogen (secondary N) is 1. The summed E-state index contributed by atoms with van der Waals surface area (Å²) < 4.78 is 13.2. The highest BCUT2D eigenvalue weighted by Crippen LogP contribution is 2.19. The van der Waals surface area contributed by atoms with Gasteiger partial charge in [-0.3, -0.25) is 4.99 Å². The topological polar surface area (TPSA) is 30.9 Å². The maximum atomic E-state index is 13.2. The van der Waals surface area contributed by atoms with Gasteiger partial charge in [-0.1, -0.05) is 18.6 Å². The Labute approximate surface area is 180 Å². The molecule has 1 atom stereocenters. The lowest BCUT2D eigenvalue weighted by Crippen LogP contribution is -2.41. The van der Waals surface area contributed by atoms with Crippen molar-refractivity contribution in [2.24, 2.45) is 10.9 Å². The number of piperidine rings is 1. The average molecular weight is 488 g/mol. The monoisotopic (exact) mass is 488 g/mol. The Morgan fingerprint density at radius 3 is 2.78 bits per heavy atom. The highest BCUT2D eigenvalue weighted by molar-refractivity contribution is 14.0. The number of hydrogen-bond donors (Lipinski definition) is 1. The number of guanidine groups is 1. The summed E-state index contributed by atoms with van der Waals surface area (Å²) in [5.74, 6) is 1.63. The predicted molar refractivity (Wildman–Crippen MR) is 121 cm³/mol. The van der Waals surface area contributed by atoms with Crippen LogP contribution in [0.4, 0.5) is 4.39 Å². The molecule has 6 heteroatoms. The summed E-state index contributed by atoms with van der Waals surface area (Å²) in [4.78, 5) is 9.51. The molecule has 4 nitrogen and oxygen atoms in total. The zero-order chi connectivity index (χ0) is 18.2. The molecule has 27 heavy (non-hydrogen) atoms. The second kappa shape index (κ2) is 11.8. The van der Waals surface area contributed by atoms with Gasteiger partial charge in [0.15, 0.2) is 5.96 Å². The van der Waals surface area contributed by atoms with Crippen molar-refractivity contribution >= 4 is 29.9 Å². The van der Waals surface area contributed by atoms with Crippen molar-refractivity contribution in [3.05, 3.63) is 35.6 Å². The van der Waals surface area contributed by atoms with E-state index in [1.54, 1.807) is 12.1 Å². The lowest BCUT2D eigenvalue weighted by atomic mass is 10.1. The van der Waals surface area contributed by atoms with Crippen LogP contribution in [-0.4, -0.2) is 62.1 Å². The molecular weight excluding hydrogens is 454 g/mol. The van der Waals surface area contributed by atoms with Gasteiger partial charge in [0.2, 0.25) is 0 Å². The van der Waals surface area contributed by atoms with Crippen LogP contribution >= 0.6 is 24.0 Å². The maximum absolute atomic E-state index is 13.2. The summed E-state index contributed by atoms with van der Waals surface area (Å²) in [6, 6.07) is 6.89. The Kier molecular flexibility index (Phi) is 9.82. The van der Waals surface area contributed by atoms with Crippen molar-refractivity contribution < 1.29 is 4.39 Å². The minimum Gasteiger partial charge on any atom is -0.356 e. The zero-order valence-electron chi connectivity index (χ0n) is 16.5. The molecule has 0 bridgehead atoms. The molecule has 1 aromatic rings. The number of halogens is 2. The van der Waals surface area contributed by atoms with Gasteiger partial charge < -0.3 is 15.1 Å². The first-order valence-electron chi connectivity index (χ1n) is 10.2. The number of hydrogen-bond acceptors (Lipinski definition) is 2. The van der Waals surface area contributed by atoms with Crippen LogP contribution in [0.2, 0.25) is 0 Å². The third-order valence-electron chi connectivity index (χ3n) is 5.58. The fourth-order valence-corrected chi connectivity index (χ4v) is 4.20. The molecule has 1 unspecified atom stereocenters. The molecule has 1 aromatic carbocycles. The van der Waals surface area contributed by atoms with Crippen molar-refractivity contribution in [1.82, 2.24) is 15.1 Å². The second-order valence-electron chi connectivity index (χ2n) is 7.67. The highest BCUT2D eigenvalue weighted by Gasteiger charge is 2.26. The number of rotatable bonds is 6. The van der Waals surface area contributed by atoms with Gasteiger partial charge in [-0.05, 0) is 68.8 Å². The number of aryl methyl sites for hydroxylation is 1. The van der Waals surface area contributed by atoms with Crippen molar-refractivity contribution in [3.8, 4) is 0 Å². The van der Waals surface area contributed by atoms with E-state index in [9.17, 15) is 4.39 Å². The summed E-state index contributed by atoms with van der Waals surface area (Å²) >= 11 is 0. The zero-order valence-corrected chi connectivity index (χ0v) is 18.8. The van der Waals surface area contributed by atoms with Gasteiger partial charge in [0.05, 0.1) is 0 Å². The van der Waals surface area contributed by atoms with E-state index < -0.39 is 0 Å². The van der Waals surface area contributed by atoms with Gasteiger partial charge in [-0.25, -0.2) is 4.39 Å². The summed E-state index contributed by atoms with van der Waals surface area (Å²) in [7, 11) is 1.87. The first-order valence-corrected chi connectivity index (χ1v) is 10.2. The molecule has 2 fully saturated rings. The van der Waals surface area contributed by atoms with Crippen LogP contribution in [0.15, 0.2) is 29.3 Å². The molecule has 0 spiro atoms. The van der Waals surface area contributed by atoms with Crippen LogP contribution in [0.5, 0.6) is 0 Å². The predicted octanol–water partition coefficient (Wildman–Crippen LogP) is 3.76. The molecule has 0 amide bonds. The van der Waals surface area contributed by atoms with Crippen LogP contribution in [-0.2, 0) is 6.42 Å². The molecule has 0 aromatic heterocycles. The van der Waals surface area contributed by atoms with E-state index in [0.717, 1.165) is 49.9 Å². The lowest BCUT2D eigenvalue weighted by molar-refractivity contribution is 0.198. The second-order valence-corrected chi connectivity index (χ2v) is 7.67. The number of benzene rings is 1. The Morgan fingerprint density at radius 2 is 2.04 bits per heavy atom. The van der Waals surface area contributed by atoms with E-state index in [1.165, 1.54) is 51.4 Å². The van der Waals surface area contributed by atoms with Crippen LogP contribution in [0.25, 0.3) is 0 Å². The SMILES string of the molecule is CN=C(NCCCc1cccc(F)c1)N1CCC(CN2CCCCC2)C1.I. The van der Waals surface area contributed by atoms with Gasteiger partial charge in [-0.2, -0.15) is 0 Å². The molecule has 0 radical (unpaired) electrons. The maximum Gasteiger partial charge on any atom is 0.193 e. The highest BCUT2D eigenvalue weighted by atomic mass is 127. The van der Waals surface area contributed by atoms with Crippen LogP contribution in [0.3, 0.4) is 0 Å². The smallest absolute Gasteiger partial charge is 0.193 e. The number of nitrogens with zero attached hydrogens (tertiary/aromatic N) is 3. The third-order valence-corrected chi connectivity index (χ3v) is 5.58. The molecule has 1 N–H and O–H groups in total. The van der Waals surface area contributed by atoms with E-state index >= 15 is 0 Å². The Balaban J connectivity index is 0.00000261. The minimum atomic E-state index is -0.150. The normalized spacial score (nSPS) is 21.2. The van der Waals surface area contributed by atoms with E-state index in [1.807, 2.05) is 13.1 Å². The largest absolute Gasteiger partial charge is 0.356 e. The Bertz CT molecular complexity index is 589. The molecule has 0 aliphatic carbocycles. The van der Waals surface area contributed by atoms with Crippen LogP contribution in [0, 0.1) is 11.7 Å². The first kappa shape index (κ1) is 22.4. The van der Waals surface area contributed by atoms with Crippen molar-refractivity contribution in [3.63, 3.8) is 0 Å². The van der Waals surface area contributed by atoms with E-state index in [2.05, 4.69) is 20.1 Å². The van der Waals surface area contributed by atoms with E-state index in [4.69, 9.17) is 0 Å². The third kappa shape index (κ3) is 7.22. The summed E-state index contributed by atoms with van der Waals surface area (Å²) in [5, 5.41) is 3.49. The quantitative estimate of drug-likeness (QED) is 0.287. The fourth-order valence-electron chi connectivity index (χ4n) is 4.20. The molecule has 2 heterocycles. The first-order chi connectivity index (χ1) is 12.7. The number of aliphatic imine (C=N–C) groups is 1. The van der Waals surface area contributed by atoms with Gasteiger partial charge in [0, 0.05) is 33.2 Å². The van der Waals surface area contributed by atoms with Crippen molar-refractivity contribution in [1.29, 1.82) is 0 Å². The fraction of sp³-hybridized carbons (Fsp3) is 0.667. The minimum absolute atomic E-state index is 0. The average Bonchev–Trinajstić information content (AvgIpc) is 3.11. The summed E-state index contributed by atoms with van der Waals surface area (Å²) in [6.45, 7) is 6.89. The van der Waals surface area contributed by atoms with Gasteiger partial charge >= 0.3 is 0 Å². The van der Waals surface area contributed by atoms with Gasteiger partial charge in [0.1, 0.15) is 5.82 Å². The van der Waals surface area contributed by atoms with Crippen LogP contribution < -0.4 is 5.32 Å². The standard InChI is InChI=1S/C21H33FN4.HI/c1-23-21(24-11-6-8-18-7-5-9-20(22)15-18)26-14-10-19(17-26)16-25-12-3-2-4-13-25;/h5,7,9,15,19H,2-4,6,8,10-14,16-17H2,1H3,(H,23,24);1H. The van der Waals surface area contributed by atoms with Crippen LogP contribution in [0.1, 0.15) is 37.7 Å². The Morgan fingerprint density at radius 1 is 1.22 bits per heavy atom. The molecule has 0 saturated carbocycles. The molecule has 2 aliphatic heterocycles. The summed E-state index contributed by atoms with van der Waals surface area (Å²) in [5.41, 5.74) is 1.06. The lowest BCUT2D eigenvalue weighted by Gasteiger charge is -2.29. The van der Waals surface area contributed by atoms with Crippen molar-refractivity contribution in [2.75, 3.05) is 46.3 Å². The molecule has 2 saturated heterocycles. The van der Waals surface area contributed by atoms with E-state index in [0.29, 0.717) is 0 Å². The molecule has 2 aliphatic rings. The Hall–Kier alpha value is -0.890. The molecule has 152 valence electrons. The van der Waals surface area contributed by atoms with Gasteiger partial charge in [0.25, 0.3) is 0 Å². The van der Waals surface area contributed by atoms with Gasteiger partial charge in [-0.15, -0.1) is 24.0 Å². The molecule has 3 rings (SSSR count). The summed E-state index contributed by atoms with van der Waals surface area (Å²) in [6.07, 6.45) is 7.27. The number of likely N-dealkylation sites (tertiary alicyclic amines) is 2.